The number of hydrogen-bond acceptors (Lipinski definition) is 8. The number of carbonyl (C=O) groups excluding carboxylic acids is 1. The third-order valence-electron chi connectivity index (χ3n) is 7.22. The van der Waals surface area contributed by atoms with Gasteiger partial charge in [-0.2, -0.15) is 13.7 Å². The molecule has 1 aliphatic rings. The lowest BCUT2D eigenvalue weighted by Crippen LogP contribution is -2.60. The minimum atomic E-state index is -4.14. The van der Waals surface area contributed by atoms with E-state index in [1.807, 2.05) is 37.3 Å². The highest BCUT2D eigenvalue weighted by Gasteiger charge is 2.43. The topological polar surface area (TPSA) is 135 Å². The molecule has 1 atom stereocenters. The predicted octanol–water partition coefficient (Wildman–Crippen LogP) is 3.88. The van der Waals surface area contributed by atoms with E-state index in [2.05, 4.69) is 10.5 Å². The Morgan fingerprint density at radius 2 is 1.41 bits per heavy atom. The molecule has 5 rings (SSSR count). The molecule has 0 aliphatic carbocycles. The average Bonchev–Trinajstić information content (AvgIpc) is 3.09. The van der Waals surface area contributed by atoms with Crippen LogP contribution >= 0.6 is 0 Å². The number of benzene rings is 4. The number of sulfonamides is 2. The fourth-order valence-corrected chi connectivity index (χ4v) is 7.95. The largest absolute Gasteiger partial charge is 0.490 e. The van der Waals surface area contributed by atoms with Gasteiger partial charge in [-0.15, -0.1) is 0 Å². The molecule has 11 nitrogen and oxygen atoms in total. The van der Waals surface area contributed by atoms with Crippen LogP contribution in [0.1, 0.15) is 18.1 Å². The van der Waals surface area contributed by atoms with Gasteiger partial charge >= 0.3 is 0 Å². The second-order valence-electron chi connectivity index (χ2n) is 10.3. The van der Waals surface area contributed by atoms with Gasteiger partial charge in [-0.1, -0.05) is 66.7 Å². The number of carbonyl (C=O) groups is 1. The maximum absolute atomic E-state index is 13.6. The summed E-state index contributed by atoms with van der Waals surface area (Å²) in [4.78, 5) is 13.6. The summed E-state index contributed by atoms with van der Waals surface area (Å²) in [5.41, 5.74) is 3.99. The SMILES string of the molecule is CCOc1cc(/C=N\NC(=O)[C@H]2CN(S(=O)(=O)c3ccccc3)CCN2S(=O)(=O)c2ccccc2)ccc1OCc1ccccc1. The summed E-state index contributed by atoms with van der Waals surface area (Å²) in [5, 5.41) is 4.07. The van der Waals surface area contributed by atoms with Crippen molar-refractivity contribution >= 4 is 32.2 Å². The molecule has 4 aromatic carbocycles. The van der Waals surface area contributed by atoms with Crippen LogP contribution in [-0.2, 0) is 31.4 Å². The fourth-order valence-electron chi connectivity index (χ4n) is 4.90. The lowest BCUT2D eigenvalue weighted by molar-refractivity contribution is -0.125. The normalized spacial score (nSPS) is 16.2. The number of ether oxygens (including phenoxy) is 2. The highest BCUT2D eigenvalue weighted by molar-refractivity contribution is 7.89. The number of hydrogen-bond donors (Lipinski definition) is 1. The van der Waals surface area contributed by atoms with Crippen LogP contribution in [0.15, 0.2) is 124 Å². The average molecular weight is 663 g/mol. The number of nitrogens with zero attached hydrogens (tertiary/aromatic N) is 3. The van der Waals surface area contributed by atoms with Crippen molar-refractivity contribution in [1.29, 1.82) is 0 Å². The van der Waals surface area contributed by atoms with Crippen molar-refractivity contribution in [2.75, 3.05) is 26.2 Å². The number of hydrazone groups is 1. The Bertz CT molecular complexity index is 1870. The molecular formula is C33H34N4O7S2. The van der Waals surface area contributed by atoms with E-state index in [9.17, 15) is 21.6 Å². The van der Waals surface area contributed by atoms with Crippen molar-refractivity contribution in [3.8, 4) is 11.5 Å². The number of piperazine rings is 1. The van der Waals surface area contributed by atoms with Crippen LogP contribution in [0.2, 0.25) is 0 Å². The monoisotopic (exact) mass is 662 g/mol. The first kappa shape index (κ1) is 32.8. The molecule has 240 valence electrons. The Hall–Kier alpha value is -4.56. The molecule has 1 amide bonds. The van der Waals surface area contributed by atoms with Gasteiger partial charge < -0.3 is 9.47 Å². The first-order valence-electron chi connectivity index (χ1n) is 14.6. The summed E-state index contributed by atoms with van der Waals surface area (Å²) >= 11 is 0. The predicted molar refractivity (Wildman–Crippen MR) is 173 cm³/mol. The third-order valence-corrected chi connectivity index (χ3v) is 11.0. The molecular weight excluding hydrogens is 629 g/mol. The van der Waals surface area contributed by atoms with E-state index in [0.29, 0.717) is 30.3 Å². The minimum absolute atomic E-state index is 0.00584. The molecule has 0 saturated carbocycles. The molecule has 1 N–H and O–H groups in total. The van der Waals surface area contributed by atoms with Crippen molar-refractivity contribution in [2.45, 2.75) is 29.4 Å². The van der Waals surface area contributed by atoms with Crippen molar-refractivity contribution in [3.63, 3.8) is 0 Å². The third kappa shape index (κ3) is 7.62. The van der Waals surface area contributed by atoms with Crippen molar-refractivity contribution in [2.24, 2.45) is 5.10 Å². The van der Waals surface area contributed by atoms with Gasteiger partial charge in [0, 0.05) is 19.6 Å². The number of nitrogens with one attached hydrogen (secondary N) is 1. The highest BCUT2D eigenvalue weighted by atomic mass is 32.2. The molecule has 1 fully saturated rings. The van der Waals surface area contributed by atoms with Crippen LogP contribution in [0, 0.1) is 0 Å². The molecule has 0 unspecified atom stereocenters. The maximum Gasteiger partial charge on any atom is 0.259 e. The Morgan fingerprint density at radius 1 is 0.804 bits per heavy atom. The Labute approximate surface area is 269 Å². The second-order valence-corrected chi connectivity index (χ2v) is 14.1. The first-order chi connectivity index (χ1) is 22.2. The Balaban J connectivity index is 1.35. The standard InChI is InChI=1S/C33H34N4O7S2/c1-2-43-32-22-27(18-19-31(32)44-25-26-12-6-3-7-13-26)23-34-35-33(38)30-24-36(45(39,40)28-14-8-4-9-15-28)20-21-37(30)46(41,42)29-16-10-5-11-17-29/h3-19,22-23,30H,2,20-21,24-25H2,1H3,(H,35,38)/b34-23-/t30-/m1/s1. The summed E-state index contributed by atoms with van der Waals surface area (Å²) in [6.45, 7) is 1.84. The smallest absolute Gasteiger partial charge is 0.259 e. The quantitative estimate of drug-likeness (QED) is 0.180. The van der Waals surface area contributed by atoms with Gasteiger partial charge in [0.25, 0.3) is 5.91 Å². The van der Waals surface area contributed by atoms with Crippen LogP contribution in [0.3, 0.4) is 0 Å². The zero-order chi connectivity index (χ0) is 32.6. The van der Waals surface area contributed by atoms with Crippen LogP contribution in [0.4, 0.5) is 0 Å². The summed E-state index contributed by atoms with van der Waals surface area (Å²) < 4.78 is 67.9. The minimum Gasteiger partial charge on any atom is -0.490 e. The molecule has 0 aromatic heterocycles. The second kappa shape index (κ2) is 14.7. The van der Waals surface area contributed by atoms with Crippen LogP contribution in [0.5, 0.6) is 11.5 Å². The lowest BCUT2D eigenvalue weighted by atomic mass is 10.2. The van der Waals surface area contributed by atoms with E-state index in [1.54, 1.807) is 54.6 Å². The van der Waals surface area contributed by atoms with E-state index in [-0.39, 0.29) is 22.9 Å². The first-order valence-corrected chi connectivity index (χ1v) is 17.5. The zero-order valence-electron chi connectivity index (χ0n) is 25.1. The van der Waals surface area contributed by atoms with Gasteiger partial charge in [-0.3, -0.25) is 4.79 Å². The van der Waals surface area contributed by atoms with Crippen LogP contribution in [0.25, 0.3) is 0 Å². The van der Waals surface area contributed by atoms with E-state index >= 15 is 0 Å². The van der Waals surface area contributed by atoms with E-state index in [1.165, 1.54) is 30.5 Å². The lowest BCUT2D eigenvalue weighted by Gasteiger charge is -2.38. The summed E-state index contributed by atoms with van der Waals surface area (Å²) in [7, 11) is -8.14. The van der Waals surface area contributed by atoms with Gasteiger partial charge in [0.2, 0.25) is 20.0 Å². The molecule has 0 radical (unpaired) electrons. The van der Waals surface area contributed by atoms with Gasteiger partial charge in [0.1, 0.15) is 12.6 Å². The van der Waals surface area contributed by atoms with Gasteiger partial charge in [0.05, 0.1) is 22.6 Å². The molecule has 0 spiro atoms. The summed E-state index contributed by atoms with van der Waals surface area (Å²) in [6.07, 6.45) is 1.39. The van der Waals surface area contributed by atoms with Crippen LogP contribution in [-0.4, -0.2) is 69.9 Å². The van der Waals surface area contributed by atoms with Crippen molar-refractivity contribution < 1.29 is 31.1 Å². The molecule has 4 aromatic rings. The molecule has 1 heterocycles. The highest BCUT2D eigenvalue weighted by Crippen LogP contribution is 2.29. The zero-order valence-corrected chi connectivity index (χ0v) is 26.7. The van der Waals surface area contributed by atoms with Gasteiger partial charge in [0.15, 0.2) is 11.5 Å². The fraction of sp³-hybridized carbons (Fsp3) is 0.212. The molecule has 13 heteroatoms. The summed E-state index contributed by atoms with van der Waals surface area (Å²) in [5.74, 6) is 0.245. The van der Waals surface area contributed by atoms with Crippen molar-refractivity contribution in [3.05, 3.63) is 120 Å². The van der Waals surface area contributed by atoms with Gasteiger partial charge in [-0.05, 0) is 60.5 Å². The molecule has 1 saturated heterocycles. The van der Waals surface area contributed by atoms with Crippen molar-refractivity contribution in [1.82, 2.24) is 14.0 Å². The summed E-state index contributed by atoms with van der Waals surface area (Å²) in [6, 6.07) is 29.0. The molecule has 0 bridgehead atoms. The van der Waals surface area contributed by atoms with E-state index in [4.69, 9.17) is 9.47 Å². The maximum atomic E-state index is 13.6. The number of rotatable bonds is 12. The molecule has 46 heavy (non-hydrogen) atoms. The number of amides is 1. The van der Waals surface area contributed by atoms with E-state index < -0.39 is 38.5 Å². The Kier molecular flexibility index (Phi) is 10.5. The Morgan fingerprint density at radius 3 is 2.04 bits per heavy atom. The van der Waals surface area contributed by atoms with E-state index in [0.717, 1.165) is 14.2 Å². The molecule has 1 aliphatic heterocycles. The van der Waals surface area contributed by atoms with Gasteiger partial charge in [-0.25, -0.2) is 22.3 Å². The van der Waals surface area contributed by atoms with Crippen LogP contribution < -0.4 is 14.9 Å².